The lowest BCUT2D eigenvalue weighted by molar-refractivity contribution is -0.116. The fourth-order valence-electron chi connectivity index (χ4n) is 1.90. The van der Waals surface area contributed by atoms with Crippen LogP contribution in [0.1, 0.15) is 45.2 Å². The Labute approximate surface area is 118 Å². The number of hydrogen-bond acceptors (Lipinski definition) is 2. The molecule has 106 valence electrons. The average Bonchev–Trinajstić information content (AvgIpc) is 2.25. The molecule has 0 N–H and O–H groups in total. The third-order valence-corrected chi connectivity index (χ3v) is 3.77. The molecule has 0 heterocycles. The number of Topliss-reactive ketones (excluding diaryl/α,β-unsaturated/α-hetero) is 1. The van der Waals surface area contributed by atoms with Gasteiger partial charge < -0.3 is 9.22 Å². The third-order valence-electron chi connectivity index (χ3n) is 3.04. The van der Waals surface area contributed by atoms with E-state index in [1.54, 1.807) is 6.92 Å². The number of carbonyl (C=O) groups excluding carboxylic acids is 1. The Balaban J connectivity index is 3.05. The first-order valence-electron chi connectivity index (χ1n) is 6.99. The standard InChI is InChI=1S/C16H26O2Si/c1-12(17)7-8-13-9-10-14(16(2,3)4)11-15(13)18-19(5)6/h9-11,19H,7-8H2,1-6H3. The number of rotatable bonds is 5. The molecule has 0 fully saturated rings. The zero-order chi connectivity index (χ0) is 14.6. The fourth-order valence-corrected chi connectivity index (χ4v) is 2.63. The second-order valence-electron chi connectivity index (χ2n) is 6.44. The van der Waals surface area contributed by atoms with Gasteiger partial charge in [-0.3, -0.25) is 0 Å². The Kier molecular flexibility index (Phi) is 5.35. The fraction of sp³-hybridized carbons (Fsp3) is 0.562. The van der Waals surface area contributed by atoms with Gasteiger partial charge in [0, 0.05) is 6.42 Å². The van der Waals surface area contributed by atoms with Gasteiger partial charge in [-0.1, -0.05) is 32.9 Å². The van der Waals surface area contributed by atoms with Crippen LogP contribution in [0.4, 0.5) is 0 Å². The number of aryl methyl sites for hydroxylation is 1. The molecule has 0 unspecified atom stereocenters. The largest absolute Gasteiger partial charge is 0.547 e. The van der Waals surface area contributed by atoms with Gasteiger partial charge in [0.2, 0.25) is 9.04 Å². The molecule has 19 heavy (non-hydrogen) atoms. The molecule has 0 radical (unpaired) electrons. The van der Waals surface area contributed by atoms with Crippen LogP contribution in [-0.4, -0.2) is 14.8 Å². The Bertz CT molecular complexity index is 445. The first-order chi connectivity index (χ1) is 8.70. The maximum atomic E-state index is 11.1. The van der Waals surface area contributed by atoms with Gasteiger partial charge in [-0.2, -0.15) is 0 Å². The topological polar surface area (TPSA) is 26.3 Å². The lowest BCUT2D eigenvalue weighted by Crippen LogP contribution is -2.16. The summed E-state index contributed by atoms with van der Waals surface area (Å²) >= 11 is 0. The Morgan fingerprint density at radius 3 is 2.37 bits per heavy atom. The van der Waals surface area contributed by atoms with Gasteiger partial charge in [0.25, 0.3) is 0 Å². The van der Waals surface area contributed by atoms with E-state index in [-0.39, 0.29) is 11.2 Å². The van der Waals surface area contributed by atoms with Crippen LogP contribution in [0.15, 0.2) is 18.2 Å². The Hall–Kier alpha value is -1.09. The quantitative estimate of drug-likeness (QED) is 0.764. The minimum Gasteiger partial charge on any atom is -0.547 e. The van der Waals surface area contributed by atoms with Crippen LogP contribution in [-0.2, 0) is 16.6 Å². The smallest absolute Gasteiger partial charge is 0.229 e. The van der Waals surface area contributed by atoms with E-state index in [4.69, 9.17) is 4.43 Å². The van der Waals surface area contributed by atoms with E-state index in [0.29, 0.717) is 6.42 Å². The molecular weight excluding hydrogens is 252 g/mol. The van der Waals surface area contributed by atoms with Gasteiger partial charge in [-0.15, -0.1) is 0 Å². The zero-order valence-electron chi connectivity index (χ0n) is 13.0. The van der Waals surface area contributed by atoms with Crippen LogP contribution in [0.5, 0.6) is 5.75 Å². The van der Waals surface area contributed by atoms with Crippen molar-refractivity contribution in [3.63, 3.8) is 0 Å². The summed E-state index contributed by atoms with van der Waals surface area (Å²) in [7, 11) is -1.13. The van der Waals surface area contributed by atoms with Crippen LogP contribution in [0.3, 0.4) is 0 Å². The van der Waals surface area contributed by atoms with Crippen molar-refractivity contribution in [3.8, 4) is 5.75 Å². The monoisotopic (exact) mass is 278 g/mol. The molecule has 0 aromatic heterocycles. The second kappa shape index (κ2) is 6.37. The molecule has 0 aliphatic carbocycles. The molecule has 0 saturated carbocycles. The summed E-state index contributed by atoms with van der Waals surface area (Å²) in [5.41, 5.74) is 2.56. The Morgan fingerprint density at radius 1 is 1.26 bits per heavy atom. The van der Waals surface area contributed by atoms with E-state index in [9.17, 15) is 4.79 Å². The maximum absolute atomic E-state index is 11.1. The van der Waals surface area contributed by atoms with Crippen molar-refractivity contribution in [2.24, 2.45) is 0 Å². The molecule has 3 heteroatoms. The van der Waals surface area contributed by atoms with Crippen LogP contribution in [0, 0.1) is 0 Å². The summed E-state index contributed by atoms with van der Waals surface area (Å²) < 4.78 is 6.04. The SMILES string of the molecule is CC(=O)CCc1ccc(C(C)(C)C)cc1O[SiH](C)C. The maximum Gasteiger partial charge on any atom is 0.229 e. The molecule has 2 nitrogen and oxygen atoms in total. The predicted molar refractivity (Wildman–Crippen MR) is 83.6 cm³/mol. The number of ketones is 1. The highest BCUT2D eigenvalue weighted by Crippen LogP contribution is 2.29. The van der Waals surface area contributed by atoms with E-state index >= 15 is 0 Å². The van der Waals surface area contributed by atoms with Crippen molar-refractivity contribution in [1.29, 1.82) is 0 Å². The van der Waals surface area contributed by atoms with Crippen LogP contribution < -0.4 is 4.43 Å². The normalized spacial score (nSPS) is 11.7. The third kappa shape index (κ3) is 5.19. The molecule has 0 bridgehead atoms. The van der Waals surface area contributed by atoms with Gasteiger partial charge in [0.15, 0.2) is 0 Å². The predicted octanol–water partition coefficient (Wildman–Crippen LogP) is 3.87. The van der Waals surface area contributed by atoms with Gasteiger partial charge in [0.1, 0.15) is 11.5 Å². The van der Waals surface area contributed by atoms with Crippen LogP contribution in [0.25, 0.3) is 0 Å². The molecule has 0 aliphatic rings. The summed E-state index contributed by atoms with van der Waals surface area (Å²) in [6.07, 6.45) is 1.36. The van der Waals surface area contributed by atoms with Crippen molar-refractivity contribution in [3.05, 3.63) is 29.3 Å². The van der Waals surface area contributed by atoms with Crippen molar-refractivity contribution < 1.29 is 9.22 Å². The molecule has 0 spiro atoms. The highest BCUT2D eigenvalue weighted by molar-refractivity contribution is 6.49. The van der Waals surface area contributed by atoms with E-state index in [0.717, 1.165) is 17.7 Å². The minimum atomic E-state index is -1.13. The first kappa shape index (κ1) is 16.0. The summed E-state index contributed by atoms with van der Waals surface area (Å²) in [5, 5.41) is 0. The minimum absolute atomic E-state index is 0.121. The van der Waals surface area contributed by atoms with E-state index < -0.39 is 9.04 Å². The van der Waals surface area contributed by atoms with Crippen molar-refractivity contribution in [2.75, 3.05) is 0 Å². The molecule has 0 saturated heterocycles. The average molecular weight is 278 g/mol. The number of benzene rings is 1. The van der Waals surface area contributed by atoms with Gasteiger partial charge in [-0.25, -0.2) is 0 Å². The van der Waals surface area contributed by atoms with Gasteiger partial charge in [0.05, 0.1) is 0 Å². The lowest BCUT2D eigenvalue weighted by atomic mass is 9.86. The molecule has 1 aromatic carbocycles. The number of carbonyl (C=O) groups is 1. The summed E-state index contributed by atoms with van der Waals surface area (Å²) in [6, 6.07) is 6.43. The van der Waals surface area contributed by atoms with E-state index in [1.165, 1.54) is 5.56 Å². The van der Waals surface area contributed by atoms with Crippen LogP contribution in [0.2, 0.25) is 13.1 Å². The van der Waals surface area contributed by atoms with Crippen molar-refractivity contribution in [1.82, 2.24) is 0 Å². The highest BCUT2D eigenvalue weighted by atomic mass is 28.3. The summed E-state index contributed by atoms with van der Waals surface area (Å²) in [4.78, 5) is 11.1. The lowest BCUT2D eigenvalue weighted by Gasteiger charge is -2.22. The second-order valence-corrected chi connectivity index (χ2v) is 8.77. The molecule has 0 aliphatic heterocycles. The summed E-state index contributed by atoms with van der Waals surface area (Å²) in [6.45, 7) is 12.6. The molecule has 1 aromatic rings. The summed E-state index contributed by atoms with van der Waals surface area (Å²) in [5.74, 6) is 1.21. The van der Waals surface area contributed by atoms with Crippen LogP contribution >= 0.6 is 0 Å². The van der Waals surface area contributed by atoms with E-state index in [1.807, 2.05) is 0 Å². The molecule has 1 rings (SSSR count). The van der Waals surface area contributed by atoms with Crippen molar-refractivity contribution >= 4 is 14.8 Å². The van der Waals surface area contributed by atoms with Crippen molar-refractivity contribution in [2.45, 2.75) is 59.0 Å². The van der Waals surface area contributed by atoms with Gasteiger partial charge in [-0.05, 0) is 49.0 Å². The number of hydrogen-bond donors (Lipinski definition) is 0. The molecular formula is C16H26O2Si. The first-order valence-corrected chi connectivity index (χ1v) is 9.77. The Morgan fingerprint density at radius 2 is 1.89 bits per heavy atom. The van der Waals surface area contributed by atoms with Gasteiger partial charge >= 0.3 is 0 Å². The molecule has 0 amide bonds. The highest BCUT2D eigenvalue weighted by Gasteiger charge is 2.16. The molecule has 0 atom stereocenters. The van der Waals surface area contributed by atoms with E-state index in [2.05, 4.69) is 52.1 Å². The zero-order valence-corrected chi connectivity index (χ0v) is 14.2.